The van der Waals surface area contributed by atoms with Crippen LogP contribution in [0.1, 0.15) is 25.7 Å². The van der Waals surface area contributed by atoms with Gasteiger partial charge in [-0.25, -0.2) is 12.8 Å². The van der Waals surface area contributed by atoms with Crippen LogP contribution in [0.3, 0.4) is 0 Å². The van der Waals surface area contributed by atoms with Crippen LogP contribution in [0, 0.1) is 5.82 Å². The number of amides is 2. The van der Waals surface area contributed by atoms with E-state index in [1.54, 1.807) is 4.90 Å². The first kappa shape index (κ1) is 31.7. The summed E-state index contributed by atoms with van der Waals surface area (Å²) in [6, 6.07) is 4.08. The lowest BCUT2D eigenvalue weighted by Crippen LogP contribution is -2.57. The molecule has 6 bridgehead atoms. The fraction of sp³-hybridized carbons (Fsp3) is 0.724. The van der Waals surface area contributed by atoms with E-state index >= 15 is 0 Å². The van der Waals surface area contributed by atoms with Gasteiger partial charge in [-0.2, -0.15) is 4.31 Å². The average Bonchev–Trinajstić information content (AvgIpc) is 3.52. The summed E-state index contributed by atoms with van der Waals surface area (Å²) in [5.74, 6) is -1.19. The molecule has 15 heteroatoms. The van der Waals surface area contributed by atoms with E-state index in [-0.39, 0.29) is 61.5 Å². The van der Waals surface area contributed by atoms with Crippen molar-refractivity contribution in [2.24, 2.45) is 0 Å². The average molecular weight is 640 g/mol. The number of aliphatic hydroxyl groups is 2. The fourth-order valence-electron chi connectivity index (χ4n) is 7.27. The van der Waals surface area contributed by atoms with Crippen molar-refractivity contribution >= 4 is 21.8 Å². The molecule has 1 aromatic carbocycles. The summed E-state index contributed by atoms with van der Waals surface area (Å²) in [7, 11) is -2.25. The van der Waals surface area contributed by atoms with Gasteiger partial charge in [0.25, 0.3) is 0 Å². The summed E-state index contributed by atoms with van der Waals surface area (Å²) in [5, 5.41) is 24.7. The van der Waals surface area contributed by atoms with Crippen LogP contribution < -0.4 is 5.32 Å². The zero-order valence-electron chi connectivity index (χ0n) is 24.8. The monoisotopic (exact) mass is 639 g/mol. The highest BCUT2D eigenvalue weighted by Gasteiger charge is 2.48. The number of nitrogens with one attached hydrogen (secondary N) is 1. The first-order valence-corrected chi connectivity index (χ1v) is 16.8. The normalized spacial score (nSPS) is 35.6. The Kier molecular flexibility index (Phi) is 9.28. The number of hydrogen-bond acceptors (Lipinski definition) is 10. The lowest BCUT2D eigenvalue weighted by atomic mass is 10.0. The minimum Gasteiger partial charge on any atom is -0.388 e. The van der Waals surface area contributed by atoms with E-state index in [0.717, 1.165) is 42.4 Å². The molecule has 13 nitrogen and oxygen atoms in total. The van der Waals surface area contributed by atoms with Gasteiger partial charge in [-0.1, -0.05) is 6.07 Å². The summed E-state index contributed by atoms with van der Waals surface area (Å²) in [4.78, 5) is 33.1. The van der Waals surface area contributed by atoms with Crippen LogP contribution in [0.4, 0.5) is 4.39 Å². The second-order valence-corrected chi connectivity index (χ2v) is 14.6. The molecule has 5 heterocycles. The van der Waals surface area contributed by atoms with Crippen molar-refractivity contribution < 1.29 is 42.1 Å². The molecule has 3 N–H and O–H groups in total. The largest absolute Gasteiger partial charge is 0.388 e. The van der Waals surface area contributed by atoms with Gasteiger partial charge in [0.15, 0.2) is 0 Å². The molecule has 7 atom stereocenters. The number of sulfonamides is 1. The van der Waals surface area contributed by atoms with E-state index in [1.807, 2.05) is 0 Å². The summed E-state index contributed by atoms with van der Waals surface area (Å²) in [6.45, 7) is 2.46. The number of nitrogens with zero attached hydrogens (tertiary/aromatic N) is 4. The van der Waals surface area contributed by atoms with Crippen molar-refractivity contribution in [1.29, 1.82) is 0 Å². The smallest absolute Gasteiger partial charge is 0.243 e. The van der Waals surface area contributed by atoms with Crippen LogP contribution in [0.15, 0.2) is 29.2 Å². The third-order valence-electron chi connectivity index (χ3n) is 9.67. The Morgan fingerprint density at radius 3 is 2.50 bits per heavy atom. The van der Waals surface area contributed by atoms with Gasteiger partial charge in [0.2, 0.25) is 21.8 Å². The predicted octanol–water partition coefficient (Wildman–Crippen LogP) is -1.41. The van der Waals surface area contributed by atoms with Crippen molar-refractivity contribution in [2.45, 2.75) is 79.2 Å². The molecule has 2 amide bonds. The van der Waals surface area contributed by atoms with Gasteiger partial charge in [-0.05, 0) is 57.6 Å². The van der Waals surface area contributed by atoms with Crippen LogP contribution in [-0.4, -0.2) is 158 Å². The number of aliphatic hydroxyl groups excluding tert-OH is 2. The van der Waals surface area contributed by atoms with E-state index in [1.165, 1.54) is 12.1 Å². The summed E-state index contributed by atoms with van der Waals surface area (Å²) >= 11 is 0. The minimum absolute atomic E-state index is 0.0742. The zero-order valence-corrected chi connectivity index (χ0v) is 25.6. The number of halogens is 1. The molecule has 6 rings (SSSR count). The number of hydrogen-bond donors (Lipinski definition) is 3. The Morgan fingerprint density at radius 2 is 1.75 bits per heavy atom. The van der Waals surface area contributed by atoms with Gasteiger partial charge in [-0.15, -0.1) is 0 Å². The Labute approximate surface area is 256 Å². The summed E-state index contributed by atoms with van der Waals surface area (Å²) < 4.78 is 54.6. The van der Waals surface area contributed by atoms with E-state index in [4.69, 9.17) is 9.47 Å². The molecule has 0 saturated carbocycles. The van der Waals surface area contributed by atoms with Gasteiger partial charge < -0.3 is 34.8 Å². The SMILES string of the molecule is CN1CCC(N2C[C@@H]3C[C@H]2C(=O)N2CCO[C@@H](C2)CN(S(=O)(=O)c2cccc(F)c2)C[C@H]2O[C@@H](CC(=O)N3)[C@H](O)[C@@H]2O)CC1. The molecule has 5 fully saturated rings. The molecule has 0 aromatic heterocycles. The van der Waals surface area contributed by atoms with Gasteiger partial charge >= 0.3 is 0 Å². The zero-order chi connectivity index (χ0) is 31.2. The maximum absolute atomic E-state index is 14.1. The molecule has 0 spiro atoms. The van der Waals surface area contributed by atoms with Crippen molar-refractivity contribution in [1.82, 2.24) is 24.3 Å². The van der Waals surface area contributed by atoms with Crippen LogP contribution in [0.25, 0.3) is 0 Å². The van der Waals surface area contributed by atoms with Crippen molar-refractivity contribution in [3.8, 4) is 0 Å². The molecule has 5 aliphatic heterocycles. The van der Waals surface area contributed by atoms with Gasteiger partial charge in [0.1, 0.15) is 24.1 Å². The van der Waals surface area contributed by atoms with Crippen molar-refractivity contribution in [3.05, 3.63) is 30.1 Å². The quantitative estimate of drug-likeness (QED) is 0.360. The standard InChI is InChI=1S/C29H42FN5O8S/c1-32-7-5-20(6-8-32)35-14-19-12-23(35)29(39)33-9-10-42-21(15-33)16-34(44(40,41)22-4-2-3-18(30)11-22)17-25-28(38)27(37)24(43-25)13-26(36)31-19/h2-4,11,19-21,23-25,27-28,37-38H,5-10,12-17H2,1H3,(H,31,36)/t19-,21-,23-,24-,25+,27-,28+/m0/s1. The first-order chi connectivity index (χ1) is 21.0. The highest BCUT2D eigenvalue weighted by molar-refractivity contribution is 7.89. The van der Waals surface area contributed by atoms with E-state index in [2.05, 4.69) is 22.2 Å². The molecule has 0 unspecified atom stereocenters. The number of carbonyl (C=O) groups is 2. The third-order valence-corrected chi connectivity index (χ3v) is 11.5. The number of morpholine rings is 1. The molecule has 0 aliphatic carbocycles. The molecule has 1 aromatic rings. The lowest BCUT2D eigenvalue weighted by Gasteiger charge is -2.41. The Balaban J connectivity index is 1.31. The maximum Gasteiger partial charge on any atom is 0.243 e. The number of piperidine rings is 1. The number of benzene rings is 1. The molecule has 244 valence electrons. The first-order valence-electron chi connectivity index (χ1n) is 15.4. The lowest BCUT2D eigenvalue weighted by molar-refractivity contribution is -0.145. The summed E-state index contributed by atoms with van der Waals surface area (Å²) in [5.41, 5.74) is 0. The topological polar surface area (TPSA) is 152 Å². The predicted molar refractivity (Wildman–Crippen MR) is 154 cm³/mol. The van der Waals surface area contributed by atoms with Gasteiger partial charge in [0, 0.05) is 44.8 Å². The second kappa shape index (κ2) is 12.9. The fourth-order valence-corrected chi connectivity index (χ4v) is 8.78. The molecule has 0 radical (unpaired) electrons. The number of rotatable bonds is 3. The molecule has 44 heavy (non-hydrogen) atoms. The van der Waals surface area contributed by atoms with Gasteiger partial charge in [0.05, 0.1) is 36.2 Å². The third kappa shape index (κ3) is 6.51. The minimum atomic E-state index is -4.32. The Hall–Kier alpha value is -2.24. The number of ether oxygens (including phenoxy) is 2. The van der Waals surface area contributed by atoms with Gasteiger partial charge in [-0.3, -0.25) is 14.5 Å². The van der Waals surface area contributed by atoms with E-state index < -0.39 is 52.4 Å². The van der Waals surface area contributed by atoms with Crippen LogP contribution in [0.2, 0.25) is 0 Å². The van der Waals surface area contributed by atoms with Crippen LogP contribution >= 0.6 is 0 Å². The summed E-state index contributed by atoms with van der Waals surface area (Å²) in [6.07, 6.45) is -3.81. The Morgan fingerprint density at radius 1 is 1.00 bits per heavy atom. The highest BCUT2D eigenvalue weighted by Crippen LogP contribution is 2.31. The van der Waals surface area contributed by atoms with E-state index in [9.17, 15) is 32.6 Å². The van der Waals surface area contributed by atoms with Crippen LogP contribution in [0.5, 0.6) is 0 Å². The number of likely N-dealkylation sites (tertiary alicyclic amines) is 2. The van der Waals surface area contributed by atoms with Crippen molar-refractivity contribution in [3.63, 3.8) is 0 Å². The number of carbonyl (C=O) groups excluding carboxylic acids is 2. The highest BCUT2D eigenvalue weighted by atomic mass is 32.2. The number of fused-ring (bicyclic) bond motifs is 6. The van der Waals surface area contributed by atoms with E-state index in [0.29, 0.717) is 19.5 Å². The maximum atomic E-state index is 14.1. The molecule has 5 aliphatic rings. The molecule has 5 saturated heterocycles. The second-order valence-electron chi connectivity index (χ2n) is 12.7. The Bertz CT molecular complexity index is 1330. The molecular formula is C29H42FN5O8S. The molecular weight excluding hydrogens is 597 g/mol. The van der Waals surface area contributed by atoms with Crippen molar-refractivity contribution in [2.75, 3.05) is 59.5 Å². The van der Waals surface area contributed by atoms with Crippen LogP contribution in [-0.2, 0) is 29.1 Å².